The highest BCUT2D eigenvalue weighted by atomic mass is 15.1. The lowest BCUT2D eigenvalue weighted by Crippen LogP contribution is -2.39. The fraction of sp³-hybridized carbons (Fsp3) is 1.00. The monoisotopic (exact) mass is 236 g/mol. The second-order valence-corrected chi connectivity index (χ2v) is 6.82. The van der Waals surface area contributed by atoms with Gasteiger partial charge in [-0.1, -0.05) is 6.42 Å². The van der Waals surface area contributed by atoms with Gasteiger partial charge in [0.1, 0.15) is 0 Å². The average Bonchev–Trinajstić information content (AvgIpc) is 2.61. The lowest BCUT2D eigenvalue weighted by Gasteiger charge is -2.33. The van der Waals surface area contributed by atoms with E-state index < -0.39 is 0 Å². The van der Waals surface area contributed by atoms with Crippen LogP contribution in [-0.4, -0.2) is 37.1 Å². The van der Waals surface area contributed by atoms with E-state index in [0.29, 0.717) is 0 Å². The third-order valence-electron chi connectivity index (χ3n) is 5.28. The molecule has 2 saturated heterocycles. The summed E-state index contributed by atoms with van der Waals surface area (Å²) in [5.41, 5.74) is 0. The smallest absolute Gasteiger partial charge is 0.00728 e. The highest BCUT2D eigenvalue weighted by Gasteiger charge is 2.33. The first-order valence-corrected chi connectivity index (χ1v) is 7.74. The van der Waals surface area contributed by atoms with Crippen LogP contribution in [0.25, 0.3) is 0 Å². The molecule has 2 nitrogen and oxygen atoms in total. The molecule has 3 aliphatic rings. The predicted molar refractivity (Wildman–Crippen MR) is 72.1 cm³/mol. The van der Waals surface area contributed by atoms with Gasteiger partial charge in [0, 0.05) is 18.6 Å². The largest absolute Gasteiger partial charge is 0.311 e. The van der Waals surface area contributed by atoms with Gasteiger partial charge in [0.05, 0.1) is 0 Å². The molecule has 2 bridgehead atoms. The zero-order valence-electron chi connectivity index (χ0n) is 11.3. The van der Waals surface area contributed by atoms with Gasteiger partial charge in [0.15, 0.2) is 0 Å². The third kappa shape index (κ3) is 3.03. The van der Waals surface area contributed by atoms with Crippen molar-refractivity contribution in [3.05, 3.63) is 0 Å². The van der Waals surface area contributed by atoms with Crippen LogP contribution >= 0.6 is 0 Å². The summed E-state index contributed by atoms with van der Waals surface area (Å²) in [6, 6.07) is 1.74. The summed E-state index contributed by atoms with van der Waals surface area (Å²) in [6.45, 7) is 2.69. The van der Waals surface area contributed by atoms with Crippen LogP contribution in [-0.2, 0) is 0 Å². The Morgan fingerprint density at radius 1 is 1.00 bits per heavy atom. The van der Waals surface area contributed by atoms with Crippen LogP contribution in [0.5, 0.6) is 0 Å². The summed E-state index contributed by atoms with van der Waals surface area (Å²) in [7, 11) is 2.33. The lowest BCUT2D eigenvalue weighted by molar-refractivity contribution is 0.185. The molecule has 2 unspecified atom stereocenters. The van der Waals surface area contributed by atoms with E-state index in [-0.39, 0.29) is 0 Å². The molecule has 1 N–H and O–H groups in total. The zero-order chi connectivity index (χ0) is 11.7. The van der Waals surface area contributed by atoms with Gasteiger partial charge in [-0.2, -0.15) is 0 Å². The van der Waals surface area contributed by atoms with Crippen LogP contribution in [0.2, 0.25) is 0 Å². The first-order valence-electron chi connectivity index (χ1n) is 7.74. The molecule has 1 saturated carbocycles. The van der Waals surface area contributed by atoms with E-state index in [1.807, 2.05) is 0 Å². The van der Waals surface area contributed by atoms with Crippen molar-refractivity contribution in [3.63, 3.8) is 0 Å². The maximum absolute atomic E-state index is 3.74. The second kappa shape index (κ2) is 5.27. The van der Waals surface area contributed by atoms with Gasteiger partial charge in [-0.3, -0.25) is 0 Å². The topological polar surface area (TPSA) is 15.3 Å². The Bertz CT molecular complexity index is 237. The van der Waals surface area contributed by atoms with Crippen LogP contribution in [0, 0.1) is 11.8 Å². The number of nitrogens with one attached hydrogen (secondary N) is 1. The molecular formula is C15H28N2. The average molecular weight is 236 g/mol. The number of rotatable bonds is 5. The van der Waals surface area contributed by atoms with Crippen molar-refractivity contribution >= 4 is 0 Å². The predicted octanol–water partition coefficient (Wildman–Crippen LogP) is 2.64. The molecule has 3 fully saturated rings. The Hall–Kier alpha value is -0.0800. The van der Waals surface area contributed by atoms with Crippen molar-refractivity contribution in [3.8, 4) is 0 Å². The molecule has 0 spiro atoms. The standard InChI is InChI=1S/C15H28N2/c1-17(11-12-3-2-4-12)8-7-13-9-14-5-6-15(10-13)16-14/h12-16H,2-11H2,1H3. The minimum Gasteiger partial charge on any atom is -0.311 e. The van der Waals surface area contributed by atoms with Crippen molar-refractivity contribution in [2.45, 2.75) is 63.5 Å². The minimum atomic E-state index is 0.871. The zero-order valence-corrected chi connectivity index (χ0v) is 11.3. The van der Waals surface area contributed by atoms with E-state index in [0.717, 1.165) is 23.9 Å². The number of hydrogen-bond acceptors (Lipinski definition) is 2. The molecule has 2 heteroatoms. The molecule has 0 radical (unpaired) electrons. The van der Waals surface area contributed by atoms with Gasteiger partial charge < -0.3 is 10.2 Å². The van der Waals surface area contributed by atoms with Crippen molar-refractivity contribution in [2.75, 3.05) is 20.1 Å². The fourth-order valence-corrected chi connectivity index (χ4v) is 4.02. The van der Waals surface area contributed by atoms with Crippen molar-refractivity contribution in [1.29, 1.82) is 0 Å². The van der Waals surface area contributed by atoms with Gasteiger partial charge in [0.2, 0.25) is 0 Å². The van der Waals surface area contributed by atoms with E-state index in [9.17, 15) is 0 Å². The van der Waals surface area contributed by atoms with E-state index in [4.69, 9.17) is 0 Å². The van der Waals surface area contributed by atoms with Crippen molar-refractivity contribution < 1.29 is 0 Å². The summed E-state index contributed by atoms with van der Waals surface area (Å²) < 4.78 is 0. The molecule has 1 aliphatic carbocycles. The second-order valence-electron chi connectivity index (χ2n) is 6.82. The SMILES string of the molecule is CN(CCC1CC2CCC(C1)N2)CC1CCC1. The molecule has 98 valence electrons. The summed E-state index contributed by atoms with van der Waals surface area (Å²) in [4.78, 5) is 2.59. The lowest BCUT2D eigenvalue weighted by atomic mass is 9.85. The van der Waals surface area contributed by atoms with Crippen LogP contribution in [0.1, 0.15) is 51.4 Å². The minimum absolute atomic E-state index is 0.871. The van der Waals surface area contributed by atoms with Gasteiger partial charge in [-0.05, 0) is 70.4 Å². The molecule has 3 rings (SSSR count). The molecule has 0 aromatic heterocycles. The highest BCUT2D eigenvalue weighted by molar-refractivity contribution is 4.92. The fourth-order valence-electron chi connectivity index (χ4n) is 4.02. The third-order valence-corrected chi connectivity index (χ3v) is 5.28. The molecule has 0 aromatic carbocycles. The molecule has 2 atom stereocenters. The summed E-state index contributed by atoms with van der Waals surface area (Å²) in [5.74, 6) is 2.04. The number of piperidine rings is 1. The van der Waals surface area contributed by atoms with Crippen LogP contribution in [0.15, 0.2) is 0 Å². The Morgan fingerprint density at radius 3 is 2.29 bits per heavy atom. The Kier molecular flexibility index (Phi) is 3.72. The molecule has 0 aromatic rings. The molecule has 17 heavy (non-hydrogen) atoms. The maximum atomic E-state index is 3.74. The number of fused-ring (bicyclic) bond motifs is 2. The van der Waals surface area contributed by atoms with Gasteiger partial charge in [-0.25, -0.2) is 0 Å². The van der Waals surface area contributed by atoms with Crippen LogP contribution in [0.4, 0.5) is 0 Å². The number of nitrogens with zero attached hydrogens (tertiary/aromatic N) is 1. The van der Waals surface area contributed by atoms with E-state index >= 15 is 0 Å². The van der Waals surface area contributed by atoms with Gasteiger partial charge in [0.25, 0.3) is 0 Å². The quantitative estimate of drug-likeness (QED) is 0.789. The summed E-state index contributed by atoms with van der Waals surface area (Å²) in [5, 5.41) is 3.74. The highest BCUT2D eigenvalue weighted by Crippen LogP contribution is 2.33. The summed E-state index contributed by atoms with van der Waals surface area (Å²) >= 11 is 0. The van der Waals surface area contributed by atoms with E-state index in [1.165, 1.54) is 64.5 Å². The first-order chi connectivity index (χ1) is 8.29. The first kappa shape index (κ1) is 12.0. The Balaban J connectivity index is 1.35. The molecule has 0 amide bonds. The maximum Gasteiger partial charge on any atom is 0.00728 e. The molecule has 2 heterocycles. The Morgan fingerprint density at radius 2 is 1.71 bits per heavy atom. The van der Waals surface area contributed by atoms with Crippen molar-refractivity contribution in [2.24, 2.45) is 11.8 Å². The van der Waals surface area contributed by atoms with Crippen LogP contribution < -0.4 is 5.32 Å². The normalized spacial score (nSPS) is 37.4. The van der Waals surface area contributed by atoms with Crippen LogP contribution in [0.3, 0.4) is 0 Å². The molecule has 2 aliphatic heterocycles. The summed E-state index contributed by atoms with van der Waals surface area (Å²) in [6.07, 6.45) is 11.7. The Labute approximate surface area is 106 Å². The van der Waals surface area contributed by atoms with E-state index in [1.54, 1.807) is 0 Å². The van der Waals surface area contributed by atoms with E-state index in [2.05, 4.69) is 17.3 Å². The van der Waals surface area contributed by atoms with Crippen molar-refractivity contribution in [1.82, 2.24) is 10.2 Å². The number of hydrogen-bond donors (Lipinski definition) is 1. The van der Waals surface area contributed by atoms with Gasteiger partial charge >= 0.3 is 0 Å². The van der Waals surface area contributed by atoms with Gasteiger partial charge in [-0.15, -0.1) is 0 Å². The molecular weight excluding hydrogens is 208 g/mol.